The first-order chi connectivity index (χ1) is 15.4. The maximum atomic E-state index is 13.4. The van der Waals surface area contributed by atoms with Gasteiger partial charge in [-0.1, -0.05) is 48.5 Å². The molecule has 32 heavy (non-hydrogen) atoms. The minimum atomic E-state index is -0.800. The van der Waals surface area contributed by atoms with Gasteiger partial charge >= 0.3 is 0 Å². The summed E-state index contributed by atoms with van der Waals surface area (Å²) in [5, 5.41) is 8.32. The third kappa shape index (κ3) is 7.03. The minimum Gasteiger partial charge on any atom is -0.484 e. The Morgan fingerprint density at radius 3 is 2.69 bits per heavy atom. The summed E-state index contributed by atoms with van der Waals surface area (Å²) in [7, 11) is 0. The van der Waals surface area contributed by atoms with Crippen molar-refractivity contribution in [3.05, 3.63) is 77.2 Å². The van der Waals surface area contributed by atoms with Gasteiger partial charge in [0.1, 0.15) is 11.6 Å². The van der Waals surface area contributed by atoms with Gasteiger partial charge in [0.05, 0.1) is 5.02 Å². The number of hydrogen-bond donors (Lipinski definition) is 3. The van der Waals surface area contributed by atoms with E-state index in [9.17, 15) is 14.0 Å². The van der Waals surface area contributed by atoms with Crippen molar-refractivity contribution in [1.82, 2.24) is 16.0 Å². The van der Waals surface area contributed by atoms with Gasteiger partial charge in [0.15, 0.2) is 18.9 Å². The van der Waals surface area contributed by atoms with E-state index in [0.29, 0.717) is 12.1 Å². The highest BCUT2D eigenvalue weighted by Gasteiger charge is 2.28. The first-order valence-corrected chi connectivity index (χ1v) is 10.2. The van der Waals surface area contributed by atoms with E-state index >= 15 is 0 Å². The molecule has 1 heterocycles. The third-order valence-electron chi connectivity index (χ3n) is 4.45. The number of hydrogen-bond acceptors (Lipinski definition) is 6. The minimum absolute atomic E-state index is 0.0331. The van der Waals surface area contributed by atoms with E-state index < -0.39 is 24.1 Å². The molecule has 2 amide bonds. The summed E-state index contributed by atoms with van der Waals surface area (Å²) < 4.78 is 18.6. The molecule has 2 aromatic carbocycles. The van der Waals surface area contributed by atoms with Crippen molar-refractivity contribution in [3.8, 4) is 5.75 Å². The number of ether oxygens (including phenoxy) is 1. The quantitative estimate of drug-likeness (QED) is 0.495. The van der Waals surface area contributed by atoms with Gasteiger partial charge in [0.25, 0.3) is 11.8 Å². The molecule has 1 fully saturated rings. The number of halogens is 2. The van der Waals surface area contributed by atoms with Crippen LogP contribution in [0.15, 0.2) is 60.8 Å². The molecular weight excluding hydrogens is 441 g/mol. The lowest BCUT2D eigenvalue weighted by molar-refractivity contribution is -0.371. The predicted molar refractivity (Wildman–Crippen MR) is 115 cm³/mol. The van der Waals surface area contributed by atoms with Crippen molar-refractivity contribution < 1.29 is 28.5 Å². The van der Waals surface area contributed by atoms with Gasteiger partial charge in [-0.25, -0.2) is 14.2 Å². The summed E-state index contributed by atoms with van der Waals surface area (Å²) >= 11 is 5.59. The van der Waals surface area contributed by atoms with Crippen molar-refractivity contribution in [1.29, 1.82) is 0 Å². The molecule has 2 unspecified atom stereocenters. The normalized spacial score (nSPS) is 17.9. The average molecular weight is 464 g/mol. The number of carbonyl (C=O) groups is 2. The molecule has 1 aliphatic heterocycles. The second-order valence-electron chi connectivity index (χ2n) is 6.94. The Labute approximate surface area is 189 Å². The van der Waals surface area contributed by atoms with Crippen LogP contribution in [0.25, 0.3) is 0 Å². The van der Waals surface area contributed by atoms with Crippen LogP contribution in [-0.2, 0) is 19.4 Å². The van der Waals surface area contributed by atoms with Gasteiger partial charge in [0.2, 0.25) is 0 Å². The maximum Gasteiger partial charge on any atom is 0.262 e. The Hall–Kier alpha value is -2.98. The molecule has 8 nitrogen and oxygen atoms in total. The molecule has 1 aliphatic rings. The summed E-state index contributed by atoms with van der Waals surface area (Å²) in [5.41, 5.74) is 1.29. The molecule has 0 radical (unpaired) electrons. The Bertz CT molecular complexity index is 952. The second-order valence-corrected chi connectivity index (χ2v) is 7.34. The molecule has 0 spiro atoms. The lowest BCUT2D eigenvalue weighted by Gasteiger charge is -2.28. The van der Waals surface area contributed by atoms with Crippen LogP contribution in [0.1, 0.15) is 18.2 Å². The molecule has 3 rings (SSSR count). The molecule has 0 bridgehead atoms. The van der Waals surface area contributed by atoms with E-state index in [4.69, 9.17) is 26.1 Å². The van der Waals surface area contributed by atoms with Crippen LogP contribution in [0.2, 0.25) is 5.02 Å². The van der Waals surface area contributed by atoms with E-state index in [1.54, 1.807) is 0 Å². The Morgan fingerprint density at radius 1 is 1.22 bits per heavy atom. The standard InChI is InChI=1S/C22H23ClFN3O5/c1-14(27-20(28)13-30-16-7-8-17(23)18(24)11-16)9-10-25-21(29)19-12-26-22(32-31-19)15-5-3-2-4-6-15/h2-8,11,19,22,26H,1,9-10,12-13H2,(H,25,29)(H,27,28). The summed E-state index contributed by atoms with van der Waals surface area (Å²) in [6, 6.07) is 13.3. The molecule has 170 valence electrons. The molecule has 1 saturated heterocycles. The van der Waals surface area contributed by atoms with Crippen LogP contribution >= 0.6 is 11.6 Å². The van der Waals surface area contributed by atoms with Crippen LogP contribution in [0.3, 0.4) is 0 Å². The van der Waals surface area contributed by atoms with Gasteiger partial charge in [-0.15, -0.1) is 0 Å². The lowest BCUT2D eigenvalue weighted by atomic mass is 10.2. The van der Waals surface area contributed by atoms with Gasteiger partial charge < -0.3 is 15.4 Å². The SMILES string of the molecule is C=C(CCNC(=O)C1CNC(c2ccccc2)OO1)NC(=O)COc1ccc(Cl)c(F)c1. The molecule has 3 N–H and O–H groups in total. The second kappa shape index (κ2) is 11.6. The number of amides is 2. The summed E-state index contributed by atoms with van der Waals surface area (Å²) in [5.74, 6) is -1.27. The van der Waals surface area contributed by atoms with Crippen LogP contribution in [-0.4, -0.2) is 37.6 Å². The number of nitrogens with one attached hydrogen (secondary N) is 3. The highest BCUT2D eigenvalue weighted by atomic mass is 35.5. The van der Waals surface area contributed by atoms with E-state index in [1.165, 1.54) is 12.1 Å². The van der Waals surface area contributed by atoms with Crippen LogP contribution < -0.4 is 20.7 Å². The summed E-state index contributed by atoms with van der Waals surface area (Å²) in [6.45, 7) is 3.94. The highest BCUT2D eigenvalue weighted by molar-refractivity contribution is 6.30. The van der Waals surface area contributed by atoms with Gasteiger partial charge in [-0.05, 0) is 17.7 Å². The van der Waals surface area contributed by atoms with Crippen molar-refractivity contribution in [2.24, 2.45) is 0 Å². The molecule has 2 atom stereocenters. The zero-order chi connectivity index (χ0) is 22.9. The molecule has 0 saturated carbocycles. The topological polar surface area (TPSA) is 97.9 Å². The van der Waals surface area contributed by atoms with Crippen LogP contribution in [0.5, 0.6) is 5.75 Å². The lowest BCUT2D eigenvalue weighted by Crippen LogP contribution is -2.48. The first-order valence-electron chi connectivity index (χ1n) is 9.86. The fourth-order valence-electron chi connectivity index (χ4n) is 2.80. The Morgan fingerprint density at radius 2 is 2.00 bits per heavy atom. The smallest absolute Gasteiger partial charge is 0.262 e. The summed E-state index contributed by atoms with van der Waals surface area (Å²) in [4.78, 5) is 34.6. The molecule has 2 aromatic rings. The van der Waals surface area contributed by atoms with Gasteiger partial charge in [-0.2, -0.15) is 0 Å². The van der Waals surface area contributed by atoms with E-state index in [0.717, 1.165) is 11.6 Å². The first kappa shape index (κ1) is 23.7. The van der Waals surface area contributed by atoms with Gasteiger partial charge in [-0.3, -0.25) is 14.9 Å². The summed E-state index contributed by atoms with van der Waals surface area (Å²) in [6.07, 6.45) is -0.937. The monoisotopic (exact) mass is 463 g/mol. The number of rotatable bonds is 9. The van der Waals surface area contributed by atoms with Crippen LogP contribution in [0.4, 0.5) is 4.39 Å². The molecule has 0 aromatic heterocycles. The van der Waals surface area contributed by atoms with Crippen molar-refractivity contribution in [3.63, 3.8) is 0 Å². The van der Waals surface area contributed by atoms with Crippen molar-refractivity contribution in [2.45, 2.75) is 18.8 Å². The van der Waals surface area contributed by atoms with E-state index in [1.807, 2.05) is 30.3 Å². The van der Waals surface area contributed by atoms with Gasteiger partial charge in [0, 0.05) is 31.3 Å². The van der Waals surface area contributed by atoms with Crippen molar-refractivity contribution in [2.75, 3.05) is 19.7 Å². The fraction of sp³-hybridized carbons (Fsp3) is 0.273. The molecule has 10 heteroatoms. The van der Waals surface area contributed by atoms with Crippen LogP contribution in [0, 0.1) is 5.82 Å². The predicted octanol–water partition coefficient (Wildman–Crippen LogP) is 2.61. The van der Waals surface area contributed by atoms with E-state index in [-0.39, 0.29) is 36.4 Å². The maximum absolute atomic E-state index is 13.4. The third-order valence-corrected chi connectivity index (χ3v) is 4.76. The zero-order valence-corrected chi connectivity index (χ0v) is 17.9. The zero-order valence-electron chi connectivity index (χ0n) is 17.1. The molecule has 0 aliphatic carbocycles. The van der Waals surface area contributed by atoms with E-state index in [2.05, 4.69) is 22.5 Å². The molecular formula is C22H23ClFN3O5. The fourth-order valence-corrected chi connectivity index (χ4v) is 2.92. The Kier molecular flexibility index (Phi) is 8.57. The Balaban J connectivity index is 1.31. The largest absolute Gasteiger partial charge is 0.484 e. The average Bonchev–Trinajstić information content (AvgIpc) is 2.80. The van der Waals surface area contributed by atoms with Crippen molar-refractivity contribution >= 4 is 23.4 Å². The highest BCUT2D eigenvalue weighted by Crippen LogP contribution is 2.20. The number of benzene rings is 2. The number of carbonyl (C=O) groups excluding carboxylic acids is 2.